The van der Waals surface area contributed by atoms with Crippen LogP contribution in [0.1, 0.15) is 48.5 Å². The van der Waals surface area contributed by atoms with Crippen LogP contribution >= 0.6 is 23.5 Å². The number of aromatic nitrogens is 1. The number of ketones is 1. The number of amides is 1. The number of rotatable bonds is 13. The fourth-order valence-corrected chi connectivity index (χ4v) is 6.48. The van der Waals surface area contributed by atoms with Crippen LogP contribution in [0.15, 0.2) is 89.3 Å². The molecule has 37 heavy (non-hydrogen) atoms. The summed E-state index contributed by atoms with van der Waals surface area (Å²) in [6.45, 7) is 4.09. The van der Waals surface area contributed by atoms with Crippen LogP contribution in [0.2, 0.25) is 0 Å². The molecule has 1 N–H and O–H groups in total. The minimum atomic E-state index is -0.684. The number of nitrogens with zero attached hydrogens (tertiary/aromatic N) is 1. The van der Waals surface area contributed by atoms with Crippen molar-refractivity contribution in [2.45, 2.75) is 54.7 Å². The Morgan fingerprint density at radius 3 is 2.08 bits per heavy atom. The number of fused-ring (bicyclic) bond motifs is 1. The molecule has 0 saturated heterocycles. The van der Waals surface area contributed by atoms with E-state index in [1.54, 1.807) is 29.6 Å². The van der Waals surface area contributed by atoms with E-state index in [2.05, 4.69) is 41.5 Å². The first-order valence-corrected chi connectivity index (χ1v) is 14.7. The van der Waals surface area contributed by atoms with E-state index in [1.165, 1.54) is 11.1 Å². The lowest BCUT2D eigenvalue weighted by molar-refractivity contribution is -0.121. The second-order valence-electron chi connectivity index (χ2n) is 8.92. The van der Waals surface area contributed by atoms with Gasteiger partial charge >= 0.3 is 0 Å². The second kappa shape index (κ2) is 13.5. The third kappa shape index (κ3) is 7.49. The zero-order valence-corrected chi connectivity index (χ0v) is 22.8. The third-order valence-corrected chi connectivity index (χ3v) is 8.98. The molecule has 0 radical (unpaired) electrons. The van der Waals surface area contributed by atoms with Gasteiger partial charge in [0, 0.05) is 16.8 Å². The predicted octanol–water partition coefficient (Wildman–Crippen LogP) is 6.92. The summed E-state index contributed by atoms with van der Waals surface area (Å²) in [7, 11) is 0. The van der Waals surface area contributed by atoms with Crippen LogP contribution < -0.4 is 5.32 Å². The summed E-state index contributed by atoms with van der Waals surface area (Å²) in [5, 5.41) is 2.76. The Morgan fingerprint density at radius 2 is 1.46 bits per heavy atom. The van der Waals surface area contributed by atoms with Gasteiger partial charge in [-0.3, -0.25) is 9.59 Å². The Labute approximate surface area is 226 Å². The summed E-state index contributed by atoms with van der Waals surface area (Å²) in [6, 6.07) is 27.0. The van der Waals surface area contributed by atoms with E-state index in [-0.39, 0.29) is 28.1 Å². The summed E-state index contributed by atoms with van der Waals surface area (Å²) in [5.41, 5.74) is 3.59. The van der Waals surface area contributed by atoms with Crippen molar-refractivity contribution < 1.29 is 14.0 Å². The molecule has 192 valence electrons. The molecule has 1 aromatic heterocycles. The SMILES string of the molecule is CCCC(NC(=O)C(SCc1ccccc1)C(C)SCc1ccccc1)C(=O)c1nc2ccccc2o1. The average Bonchev–Trinajstić information content (AvgIpc) is 3.37. The first-order chi connectivity index (χ1) is 18.0. The van der Waals surface area contributed by atoms with Crippen LogP contribution in [0.3, 0.4) is 0 Å². The molecule has 0 aliphatic rings. The van der Waals surface area contributed by atoms with E-state index in [0.717, 1.165) is 12.2 Å². The average molecular weight is 533 g/mol. The third-order valence-electron chi connectivity index (χ3n) is 6.03. The van der Waals surface area contributed by atoms with Gasteiger partial charge in [-0.1, -0.05) is 93.1 Å². The zero-order valence-electron chi connectivity index (χ0n) is 21.1. The number of Topliss-reactive ketones (excluding diaryl/α,β-unsaturated/α-hetero) is 1. The largest absolute Gasteiger partial charge is 0.434 e. The smallest absolute Gasteiger partial charge is 0.266 e. The summed E-state index contributed by atoms with van der Waals surface area (Å²) in [4.78, 5) is 31.4. The lowest BCUT2D eigenvalue weighted by atomic mass is 10.1. The molecule has 5 nitrogen and oxygen atoms in total. The van der Waals surface area contributed by atoms with Crippen molar-refractivity contribution in [1.29, 1.82) is 0 Å². The number of benzene rings is 3. The Kier molecular flexibility index (Phi) is 9.85. The van der Waals surface area contributed by atoms with Crippen LogP contribution in [0.4, 0.5) is 0 Å². The van der Waals surface area contributed by atoms with E-state index in [0.29, 0.717) is 23.3 Å². The van der Waals surface area contributed by atoms with Crippen LogP contribution in [-0.2, 0) is 16.3 Å². The highest BCUT2D eigenvalue weighted by molar-refractivity contribution is 8.03. The van der Waals surface area contributed by atoms with E-state index < -0.39 is 6.04 Å². The van der Waals surface area contributed by atoms with Gasteiger partial charge in [-0.05, 0) is 29.7 Å². The van der Waals surface area contributed by atoms with Crippen molar-refractivity contribution in [2.75, 3.05) is 0 Å². The molecule has 0 aliphatic heterocycles. The molecule has 7 heteroatoms. The minimum absolute atomic E-state index is 0.0376. The van der Waals surface area contributed by atoms with Crippen LogP contribution in [0.25, 0.3) is 11.1 Å². The quantitative estimate of drug-likeness (QED) is 0.189. The maximum atomic E-state index is 13.7. The first-order valence-electron chi connectivity index (χ1n) is 12.6. The fourth-order valence-electron chi connectivity index (χ4n) is 4.01. The van der Waals surface area contributed by atoms with Crippen molar-refractivity contribution in [3.8, 4) is 0 Å². The number of hydrogen-bond acceptors (Lipinski definition) is 6. The topological polar surface area (TPSA) is 72.2 Å². The molecular formula is C30H32N2O3S2. The molecule has 0 saturated carbocycles. The standard InChI is InChI=1S/C30H32N2O3S2/c1-3-12-25(27(33)30-32-24-17-10-11-18-26(24)35-30)31-29(34)28(37-20-23-15-8-5-9-16-23)21(2)36-19-22-13-6-4-7-14-22/h4-11,13-18,21,25,28H,3,12,19-20H2,1-2H3,(H,31,34). The monoisotopic (exact) mass is 532 g/mol. The maximum Gasteiger partial charge on any atom is 0.266 e. The van der Waals surface area contributed by atoms with Gasteiger partial charge in [0.05, 0.1) is 11.3 Å². The molecule has 3 atom stereocenters. The Hall–Kier alpha value is -3.03. The first kappa shape index (κ1) is 27.0. The number of para-hydroxylation sites is 2. The van der Waals surface area contributed by atoms with Crippen molar-refractivity contribution in [1.82, 2.24) is 10.3 Å². The number of thioether (sulfide) groups is 2. The number of hydrogen-bond donors (Lipinski definition) is 1. The van der Waals surface area contributed by atoms with Gasteiger partial charge < -0.3 is 9.73 Å². The molecule has 1 amide bonds. The summed E-state index contributed by atoms with van der Waals surface area (Å²) >= 11 is 3.37. The Bertz CT molecular complexity index is 1260. The van der Waals surface area contributed by atoms with Crippen LogP contribution in [0, 0.1) is 0 Å². The Morgan fingerprint density at radius 1 is 0.865 bits per heavy atom. The molecule has 0 fully saturated rings. The molecule has 4 rings (SSSR count). The highest BCUT2D eigenvalue weighted by atomic mass is 32.2. The van der Waals surface area contributed by atoms with Crippen molar-refractivity contribution in [3.63, 3.8) is 0 Å². The van der Waals surface area contributed by atoms with E-state index in [1.807, 2.05) is 61.5 Å². The van der Waals surface area contributed by atoms with Gasteiger partial charge in [-0.2, -0.15) is 11.8 Å². The van der Waals surface area contributed by atoms with Gasteiger partial charge in [0.2, 0.25) is 11.7 Å². The summed E-state index contributed by atoms with van der Waals surface area (Å²) in [6.07, 6.45) is 1.27. The lowest BCUT2D eigenvalue weighted by Crippen LogP contribution is -2.47. The molecule has 1 heterocycles. The van der Waals surface area contributed by atoms with E-state index in [9.17, 15) is 9.59 Å². The molecule has 4 aromatic rings. The van der Waals surface area contributed by atoms with E-state index in [4.69, 9.17) is 4.42 Å². The molecular weight excluding hydrogens is 500 g/mol. The van der Waals surface area contributed by atoms with Gasteiger partial charge in [-0.25, -0.2) is 4.98 Å². The predicted molar refractivity (Wildman–Crippen MR) is 154 cm³/mol. The molecule has 0 spiro atoms. The summed E-state index contributed by atoms with van der Waals surface area (Å²) < 4.78 is 5.72. The number of nitrogens with one attached hydrogen (secondary N) is 1. The highest BCUT2D eigenvalue weighted by Crippen LogP contribution is 2.30. The molecule has 3 aromatic carbocycles. The minimum Gasteiger partial charge on any atom is -0.434 e. The number of oxazole rings is 1. The van der Waals surface area contributed by atoms with Gasteiger partial charge in [0.25, 0.3) is 5.89 Å². The highest BCUT2D eigenvalue weighted by Gasteiger charge is 2.31. The second-order valence-corrected chi connectivity index (χ2v) is 11.4. The summed E-state index contributed by atoms with van der Waals surface area (Å²) in [5.74, 6) is 1.16. The van der Waals surface area contributed by atoms with Crippen molar-refractivity contribution in [3.05, 3.63) is 102 Å². The van der Waals surface area contributed by atoms with Crippen molar-refractivity contribution >= 4 is 46.3 Å². The Balaban J connectivity index is 1.49. The van der Waals surface area contributed by atoms with Crippen LogP contribution in [-0.4, -0.2) is 33.2 Å². The molecule has 0 bridgehead atoms. The number of carbonyl (C=O) groups excluding carboxylic acids is 2. The molecule has 3 unspecified atom stereocenters. The molecule has 0 aliphatic carbocycles. The van der Waals surface area contributed by atoms with Gasteiger partial charge in [-0.15, -0.1) is 11.8 Å². The fraction of sp³-hybridized carbons (Fsp3) is 0.300. The number of carbonyl (C=O) groups is 2. The zero-order chi connectivity index (χ0) is 26.0. The lowest BCUT2D eigenvalue weighted by Gasteiger charge is -2.25. The van der Waals surface area contributed by atoms with Crippen molar-refractivity contribution in [2.24, 2.45) is 0 Å². The normalized spacial score (nSPS) is 13.7. The van der Waals surface area contributed by atoms with Gasteiger partial charge in [0.1, 0.15) is 5.52 Å². The maximum absolute atomic E-state index is 13.7. The van der Waals surface area contributed by atoms with Crippen LogP contribution in [0.5, 0.6) is 0 Å². The van der Waals surface area contributed by atoms with Gasteiger partial charge in [0.15, 0.2) is 5.58 Å². The van der Waals surface area contributed by atoms with E-state index >= 15 is 0 Å².